The lowest BCUT2D eigenvalue weighted by Crippen LogP contribution is -2.38. The highest BCUT2D eigenvalue weighted by atomic mass is 35.5. The number of carbonyl (C=O) groups excluding carboxylic acids is 1. The second-order valence-electron chi connectivity index (χ2n) is 7.96. The number of sulfonamides is 1. The van der Waals surface area contributed by atoms with E-state index in [-0.39, 0.29) is 21.4 Å². The number of rotatable bonds is 8. The monoisotopic (exact) mass is 480 g/mol. The molecule has 31 heavy (non-hydrogen) atoms. The first kappa shape index (κ1) is 24.1. The summed E-state index contributed by atoms with van der Waals surface area (Å²) in [5, 5.41) is 3.10. The maximum absolute atomic E-state index is 13.0. The molecule has 168 valence electrons. The SMILES string of the molecule is Cc1ccccc1CSCCNC(=O)c1cc(S(=O)(=O)N2CCC(C)CC2)ccc1Cl. The van der Waals surface area contributed by atoms with Crippen LogP contribution in [0.5, 0.6) is 0 Å². The summed E-state index contributed by atoms with van der Waals surface area (Å²) >= 11 is 7.95. The Morgan fingerprint density at radius 2 is 1.90 bits per heavy atom. The van der Waals surface area contributed by atoms with E-state index in [1.807, 2.05) is 12.1 Å². The predicted molar refractivity (Wildman–Crippen MR) is 128 cm³/mol. The third-order valence-electron chi connectivity index (χ3n) is 5.61. The van der Waals surface area contributed by atoms with Crippen molar-refractivity contribution in [2.45, 2.75) is 37.3 Å². The number of halogens is 1. The van der Waals surface area contributed by atoms with Crippen molar-refractivity contribution in [2.75, 3.05) is 25.4 Å². The molecular weight excluding hydrogens is 452 g/mol. The summed E-state index contributed by atoms with van der Waals surface area (Å²) in [4.78, 5) is 12.8. The molecule has 2 aromatic carbocycles. The largest absolute Gasteiger partial charge is 0.351 e. The van der Waals surface area contributed by atoms with E-state index in [1.54, 1.807) is 11.8 Å². The van der Waals surface area contributed by atoms with Crippen molar-refractivity contribution in [3.05, 3.63) is 64.2 Å². The van der Waals surface area contributed by atoms with Gasteiger partial charge in [0.25, 0.3) is 5.91 Å². The molecule has 0 radical (unpaired) electrons. The van der Waals surface area contributed by atoms with Gasteiger partial charge in [-0.15, -0.1) is 0 Å². The molecule has 0 aromatic heterocycles. The van der Waals surface area contributed by atoms with Gasteiger partial charge < -0.3 is 5.32 Å². The Balaban J connectivity index is 1.58. The Hall–Kier alpha value is -1.54. The van der Waals surface area contributed by atoms with Crippen molar-refractivity contribution in [3.63, 3.8) is 0 Å². The van der Waals surface area contributed by atoms with E-state index in [4.69, 9.17) is 11.6 Å². The molecular formula is C23H29ClN2O3S2. The highest BCUT2D eigenvalue weighted by molar-refractivity contribution is 7.98. The van der Waals surface area contributed by atoms with Crippen LogP contribution in [0.25, 0.3) is 0 Å². The summed E-state index contributed by atoms with van der Waals surface area (Å²) < 4.78 is 27.5. The Morgan fingerprint density at radius 3 is 2.61 bits per heavy atom. The lowest BCUT2D eigenvalue weighted by molar-refractivity contribution is 0.0956. The summed E-state index contributed by atoms with van der Waals surface area (Å²) in [5.41, 5.74) is 2.73. The molecule has 1 aliphatic rings. The van der Waals surface area contributed by atoms with Crippen LogP contribution in [0.15, 0.2) is 47.4 Å². The van der Waals surface area contributed by atoms with E-state index in [0.717, 1.165) is 24.3 Å². The Morgan fingerprint density at radius 1 is 1.19 bits per heavy atom. The fraction of sp³-hybridized carbons (Fsp3) is 0.435. The number of aryl methyl sites for hydroxylation is 1. The van der Waals surface area contributed by atoms with Gasteiger partial charge in [-0.25, -0.2) is 8.42 Å². The van der Waals surface area contributed by atoms with Gasteiger partial charge in [-0.1, -0.05) is 42.8 Å². The molecule has 1 saturated heterocycles. The van der Waals surface area contributed by atoms with Crippen LogP contribution in [-0.4, -0.2) is 44.0 Å². The Bertz CT molecular complexity index is 1020. The second-order valence-corrected chi connectivity index (χ2v) is 11.4. The molecule has 3 rings (SSSR count). The van der Waals surface area contributed by atoms with Crippen LogP contribution in [0.1, 0.15) is 41.3 Å². The first-order chi connectivity index (χ1) is 14.8. The summed E-state index contributed by atoms with van der Waals surface area (Å²) in [7, 11) is -3.63. The number of hydrogen-bond donors (Lipinski definition) is 1. The topological polar surface area (TPSA) is 66.5 Å². The number of thioether (sulfide) groups is 1. The molecule has 5 nitrogen and oxygen atoms in total. The van der Waals surface area contributed by atoms with E-state index in [1.165, 1.54) is 33.6 Å². The zero-order valence-electron chi connectivity index (χ0n) is 17.9. The smallest absolute Gasteiger partial charge is 0.252 e. The molecule has 0 aliphatic carbocycles. The number of benzene rings is 2. The highest BCUT2D eigenvalue weighted by Crippen LogP contribution is 2.26. The normalized spacial score (nSPS) is 15.7. The van der Waals surface area contributed by atoms with Crippen LogP contribution in [0, 0.1) is 12.8 Å². The summed E-state index contributed by atoms with van der Waals surface area (Å²) in [6.45, 7) is 5.71. The van der Waals surface area contributed by atoms with Crippen molar-refractivity contribution in [3.8, 4) is 0 Å². The van der Waals surface area contributed by atoms with Crippen molar-refractivity contribution >= 4 is 39.3 Å². The number of hydrogen-bond acceptors (Lipinski definition) is 4. The van der Waals surface area contributed by atoms with Crippen molar-refractivity contribution in [1.29, 1.82) is 0 Å². The molecule has 1 amide bonds. The first-order valence-corrected chi connectivity index (χ1v) is 13.5. The van der Waals surface area contributed by atoms with Gasteiger partial charge in [-0.2, -0.15) is 16.1 Å². The van der Waals surface area contributed by atoms with Gasteiger partial charge in [-0.3, -0.25) is 4.79 Å². The number of carbonyl (C=O) groups is 1. The molecule has 0 atom stereocenters. The maximum atomic E-state index is 13.0. The molecule has 1 aliphatic heterocycles. The molecule has 0 saturated carbocycles. The molecule has 1 N–H and O–H groups in total. The van der Waals surface area contributed by atoms with Gasteiger partial charge in [-0.05, 0) is 55.0 Å². The molecule has 2 aromatic rings. The summed E-state index contributed by atoms with van der Waals surface area (Å²) in [6.07, 6.45) is 1.70. The number of nitrogens with one attached hydrogen (secondary N) is 1. The standard InChI is InChI=1S/C23H29ClN2O3S2/c1-17-9-12-26(13-10-17)31(28,29)20-7-8-22(24)21(15-20)23(27)25-11-14-30-16-19-6-4-3-5-18(19)2/h3-8,15,17H,9-14,16H2,1-2H3,(H,25,27). The van der Waals surface area contributed by atoms with Gasteiger partial charge in [0.05, 0.1) is 15.5 Å². The molecule has 0 spiro atoms. The van der Waals surface area contributed by atoms with Crippen LogP contribution in [0.4, 0.5) is 0 Å². The van der Waals surface area contributed by atoms with Crippen LogP contribution in [0.2, 0.25) is 5.02 Å². The van der Waals surface area contributed by atoms with Crippen LogP contribution in [-0.2, 0) is 15.8 Å². The quantitative estimate of drug-likeness (QED) is 0.554. The lowest BCUT2D eigenvalue weighted by Gasteiger charge is -2.29. The molecule has 8 heteroatoms. The number of nitrogens with zero attached hydrogens (tertiary/aromatic N) is 1. The highest BCUT2D eigenvalue weighted by Gasteiger charge is 2.29. The summed E-state index contributed by atoms with van der Waals surface area (Å²) in [5.74, 6) is 1.81. The van der Waals surface area contributed by atoms with Gasteiger partial charge in [0.15, 0.2) is 0 Å². The van der Waals surface area contributed by atoms with Crippen LogP contribution < -0.4 is 5.32 Å². The molecule has 0 bridgehead atoms. The number of amides is 1. The average Bonchev–Trinajstić information content (AvgIpc) is 2.75. The molecule has 1 heterocycles. The Labute approximate surface area is 194 Å². The fourth-order valence-electron chi connectivity index (χ4n) is 3.50. The number of piperidine rings is 1. The van der Waals surface area contributed by atoms with Crippen molar-refractivity contribution < 1.29 is 13.2 Å². The Kier molecular flexibility index (Phi) is 8.44. The second kappa shape index (κ2) is 10.9. The third kappa shape index (κ3) is 6.25. The molecule has 0 unspecified atom stereocenters. The van der Waals surface area contributed by atoms with Gasteiger partial charge in [0, 0.05) is 31.1 Å². The lowest BCUT2D eigenvalue weighted by atomic mass is 10.0. The average molecular weight is 481 g/mol. The zero-order chi connectivity index (χ0) is 22.4. The van der Waals surface area contributed by atoms with Crippen molar-refractivity contribution in [2.24, 2.45) is 5.92 Å². The minimum atomic E-state index is -3.63. The fourth-order valence-corrected chi connectivity index (χ4v) is 6.13. The van der Waals surface area contributed by atoms with Crippen LogP contribution >= 0.6 is 23.4 Å². The zero-order valence-corrected chi connectivity index (χ0v) is 20.3. The minimum Gasteiger partial charge on any atom is -0.351 e. The third-order valence-corrected chi connectivity index (χ3v) is 8.85. The first-order valence-electron chi connectivity index (χ1n) is 10.5. The van der Waals surface area contributed by atoms with Gasteiger partial charge in [0.2, 0.25) is 10.0 Å². The summed E-state index contributed by atoms with van der Waals surface area (Å²) in [6, 6.07) is 12.6. The maximum Gasteiger partial charge on any atom is 0.252 e. The van der Waals surface area contributed by atoms with E-state index in [9.17, 15) is 13.2 Å². The van der Waals surface area contributed by atoms with E-state index in [0.29, 0.717) is 25.6 Å². The van der Waals surface area contributed by atoms with Crippen molar-refractivity contribution in [1.82, 2.24) is 9.62 Å². The van der Waals surface area contributed by atoms with E-state index >= 15 is 0 Å². The van der Waals surface area contributed by atoms with E-state index in [2.05, 4.69) is 31.3 Å². The van der Waals surface area contributed by atoms with Gasteiger partial charge >= 0.3 is 0 Å². The van der Waals surface area contributed by atoms with E-state index < -0.39 is 10.0 Å². The predicted octanol–water partition coefficient (Wildman–Crippen LogP) is 4.73. The minimum absolute atomic E-state index is 0.116. The van der Waals surface area contributed by atoms with Gasteiger partial charge in [0.1, 0.15) is 0 Å². The molecule has 1 fully saturated rings. The van der Waals surface area contributed by atoms with Crippen LogP contribution in [0.3, 0.4) is 0 Å².